The fourth-order valence-electron chi connectivity index (χ4n) is 2.94. The molecule has 1 aromatic carbocycles. The smallest absolute Gasteiger partial charge is 0.289 e. The Morgan fingerprint density at radius 2 is 1.96 bits per heavy atom. The summed E-state index contributed by atoms with van der Waals surface area (Å²) in [4.78, 5) is 36.9. The molecule has 1 heterocycles. The van der Waals surface area contributed by atoms with Crippen molar-refractivity contribution in [1.29, 1.82) is 0 Å². The molecule has 1 aliphatic rings. The lowest BCUT2D eigenvalue weighted by Gasteiger charge is -2.17. The lowest BCUT2D eigenvalue weighted by molar-refractivity contribution is -0.138. The number of likely N-dealkylation sites (N-methyl/N-ethyl adjacent to an activating group) is 1. The number of ketones is 1. The van der Waals surface area contributed by atoms with Gasteiger partial charge in [-0.15, -0.1) is 0 Å². The molecule has 0 spiro atoms. The van der Waals surface area contributed by atoms with Crippen LogP contribution in [0.5, 0.6) is 0 Å². The lowest BCUT2D eigenvalue weighted by atomic mass is 10.00. The molecule has 0 bridgehead atoms. The normalized spacial score (nSPS) is 20.0. The maximum atomic E-state index is 12.7. The monoisotopic (exact) mass is 342 g/mol. The van der Waals surface area contributed by atoms with Crippen LogP contribution in [0.2, 0.25) is 0 Å². The number of amides is 2. The first-order valence-corrected chi connectivity index (χ1v) is 8.99. The Bertz CT molecular complexity index is 652. The zero-order valence-electron chi connectivity index (χ0n) is 14.7. The SMILES string of the molecule is CCNC(=O)C(=O)[C@@H]1C/C=C\CCCCCc2ccccc2C(=O)N1. The van der Waals surface area contributed by atoms with Crippen molar-refractivity contribution in [3.05, 3.63) is 47.5 Å². The van der Waals surface area contributed by atoms with Crippen molar-refractivity contribution in [2.24, 2.45) is 0 Å². The topological polar surface area (TPSA) is 75.3 Å². The first kappa shape index (κ1) is 18.9. The lowest BCUT2D eigenvalue weighted by Crippen LogP contribution is -2.47. The number of hydrogen-bond donors (Lipinski definition) is 2. The third-order valence-electron chi connectivity index (χ3n) is 4.30. The fraction of sp³-hybridized carbons (Fsp3) is 0.450. The predicted octanol–water partition coefficient (Wildman–Crippen LogP) is 2.55. The van der Waals surface area contributed by atoms with E-state index >= 15 is 0 Å². The van der Waals surface area contributed by atoms with Crippen LogP contribution in [0.1, 0.15) is 54.9 Å². The first-order valence-electron chi connectivity index (χ1n) is 8.99. The van der Waals surface area contributed by atoms with Gasteiger partial charge in [-0.2, -0.15) is 0 Å². The molecule has 0 fully saturated rings. The van der Waals surface area contributed by atoms with Crippen LogP contribution < -0.4 is 10.6 Å². The van der Waals surface area contributed by atoms with Crippen LogP contribution in [-0.4, -0.2) is 30.2 Å². The molecule has 5 nitrogen and oxygen atoms in total. The highest BCUT2D eigenvalue weighted by molar-refractivity contribution is 6.38. The van der Waals surface area contributed by atoms with Crippen molar-refractivity contribution < 1.29 is 14.4 Å². The fourth-order valence-corrected chi connectivity index (χ4v) is 2.94. The van der Waals surface area contributed by atoms with E-state index in [2.05, 4.69) is 10.6 Å². The minimum atomic E-state index is -0.843. The van der Waals surface area contributed by atoms with Gasteiger partial charge in [0.2, 0.25) is 5.78 Å². The molecule has 2 rings (SSSR count). The van der Waals surface area contributed by atoms with E-state index in [1.54, 1.807) is 13.0 Å². The zero-order valence-corrected chi connectivity index (χ0v) is 14.7. The van der Waals surface area contributed by atoms with Gasteiger partial charge in [0.25, 0.3) is 11.8 Å². The van der Waals surface area contributed by atoms with Crippen molar-refractivity contribution in [2.75, 3.05) is 6.54 Å². The third kappa shape index (κ3) is 5.55. The van der Waals surface area contributed by atoms with Gasteiger partial charge >= 0.3 is 0 Å². The molecule has 25 heavy (non-hydrogen) atoms. The van der Waals surface area contributed by atoms with Gasteiger partial charge in [0.05, 0.1) is 0 Å². The van der Waals surface area contributed by atoms with Crippen molar-refractivity contribution in [3.63, 3.8) is 0 Å². The zero-order chi connectivity index (χ0) is 18.1. The van der Waals surface area contributed by atoms with Crippen molar-refractivity contribution in [2.45, 2.75) is 51.5 Å². The molecule has 0 unspecified atom stereocenters. The number of hydrogen-bond acceptors (Lipinski definition) is 3. The number of Topliss-reactive ketones (excluding diaryl/α,β-unsaturated/α-hetero) is 1. The molecule has 1 aliphatic heterocycles. The van der Waals surface area contributed by atoms with E-state index in [-0.39, 0.29) is 5.91 Å². The van der Waals surface area contributed by atoms with Gasteiger partial charge < -0.3 is 10.6 Å². The van der Waals surface area contributed by atoms with E-state index in [1.807, 2.05) is 30.4 Å². The number of benzene rings is 1. The van der Waals surface area contributed by atoms with E-state index < -0.39 is 17.7 Å². The summed E-state index contributed by atoms with van der Waals surface area (Å²) in [7, 11) is 0. The molecule has 0 radical (unpaired) electrons. The number of fused-ring (bicyclic) bond motifs is 1. The minimum absolute atomic E-state index is 0.300. The Kier molecular flexibility index (Phi) is 7.38. The molecule has 0 aromatic heterocycles. The molecule has 0 saturated carbocycles. The number of carbonyl (C=O) groups excluding carboxylic acids is 3. The maximum absolute atomic E-state index is 12.7. The van der Waals surface area contributed by atoms with E-state index in [0.29, 0.717) is 18.5 Å². The van der Waals surface area contributed by atoms with Crippen LogP contribution in [0.25, 0.3) is 0 Å². The third-order valence-corrected chi connectivity index (χ3v) is 4.30. The number of allylic oxidation sites excluding steroid dienone is 1. The number of aryl methyl sites for hydroxylation is 1. The summed E-state index contributed by atoms with van der Waals surface area (Å²) < 4.78 is 0. The Morgan fingerprint density at radius 1 is 1.16 bits per heavy atom. The Hall–Kier alpha value is -2.43. The van der Waals surface area contributed by atoms with E-state index in [1.165, 1.54) is 0 Å². The Balaban J connectivity index is 2.24. The average Bonchev–Trinajstić information content (AvgIpc) is 2.63. The van der Waals surface area contributed by atoms with Gasteiger partial charge in [0.15, 0.2) is 0 Å². The molecular weight excluding hydrogens is 316 g/mol. The van der Waals surface area contributed by atoms with Crippen molar-refractivity contribution >= 4 is 17.6 Å². The standard InChI is InChI=1S/C20H26N2O3/c1-2-21-20(25)18(23)17-14-8-6-4-3-5-7-11-15-12-9-10-13-16(15)19(24)22-17/h6,8-10,12-13,17H,2-5,7,11,14H2,1H3,(H,21,25)(H,22,24)/b8-6-/t17-/m0/s1. The average molecular weight is 342 g/mol. The molecule has 134 valence electrons. The van der Waals surface area contributed by atoms with E-state index in [0.717, 1.165) is 37.7 Å². The Labute approximate surface area is 148 Å². The molecule has 2 N–H and O–H groups in total. The summed E-state index contributed by atoms with van der Waals surface area (Å²) in [6.07, 6.45) is 9.21. The Morgan fingerprint density at radius 3 is 2.76 bits per heavy atom. The second-order valence-electron chi connectivity index (χ2n) is 6.21. The van der Waals surface area contributed by atoms with Gasteiger partial charge in [-0.1, -0.05) is 36.8 Å². The highest BCUT2D eigenvalue weighted by atomic mass is 16.2. The van der Waals surface area contributed by atoms with Gasteiger partial charge in [0, 0.05) is 12.1 Å². The minimum Gasteiger partial charge on any atom is -0.350 e. The van der Waals surface area contributed by atoms with E-state index in [4.69, 9.17) is 0 Å². The highest BCUT2D eigenvalue weighted by Crippen LogP contribution is 2.15. The van der Waals surface area contributed by atoms with Crippen LogP contribution in [0.3, 0.4) is 0 Å². The highest BCUT2D eigenvalue weighted by Gasteiger charge is 2.26. The van der Waals surface area contributed by atoms with Gasteiger partial charge in [0.1, 0.15) is 6.04 Å². The first-order chi connectivity index (χ1) is 12.1. The summed E-state index contributed by atoms with van der Waals surface area (Å²) in [6.45, 7) is 2.13. The van der Waals surface area contributed by atoms with Crippen LogP contribution in [-0.2, 0) is 16.0 Å². The van der Waals surface area contributed by atoms with E-state index in [9.17, 15) is 14.4 Å². The number of nitrogens with one attached hydrogen (secondary N) is 2. The molecule has 1 atom stereocenters. The van der Waals surface area contributed by atoms with Crippen LogP contribution in [0.4, 0.5) is 0 Å². The maximum Gasteiger partial charge on any atom is 0.289 e. The summed E-state index contributed by atoms with van der Waals surface area (Å²) in [6, 6.07) is 6.62. The second kappa shape index (κ2) is 9.77. The van der Waals surface area contributed by atoms with Gasteiger partial charge in [-0.25, -0.2) is 0 Å². The van der Waals surface area contributed by atoms with Crippen LogP contribution in [0.15, 0.2) is 36.4 Å². The summed E-state index contributed by atoms with van der Waals surface area (Å²) >= 11 is 0. The summed E-state index contributed by atoms with van der Waals surface area (Å²) in [5.41, 5.74) is 1.57. The molecule has 1 aromatic rings. The summed E-state index contributed by atoms with van der Waals surface area (Å²) in [5, 5.41) is 5.26. The number of carbonyl (C=O) groups is 3. The number of rotatable bonds is 3. The largest absolute Gasteiger partial charge is 0.350 e. The van der Waals surface area contributed by atoms with Gasteiger partial charge in [-0.3, -0.25) is 14.4 Å². The molecule has 5 heteroatoms. The molecule has 2 amide bonds. The van der Waals surface area contributed by atoms with Crippen molar-refractivity contribution in [1.82, 2.24) is 10.6 Å². The van der Waals surface area contributed by atoms with Gasteiger partial charge in [-0.05, 0) is 50.7 Å². The quantitative estimate of drug-likeness (QED) is 0.655. The molecular formula is C20H26N2O3. The predicted molar refractivity (Wildman–Crippen MR) is 97.3 cm³/mol. The van der Waals surface area contributed by atoms with Crippen LogP contribution in [0, 0.1) is 0 Å². The molecule has 0 aliphatic carbocycles. The van der Waals surface area contributed by atoms with Crippen molar-refractivity contribution in [3.8, 4) is 0 Å². The summed E-state index contributed by atoms with van der Waals surface area (Å²) in [5.74, 6) is -1.56. The molecule has 0 saturated heterocycles. The van der Waals surface area contributed by atoms with Crippen LogP contribution >= 0.6 is 0 Å². The second-order valence-corrected chi connectivity index (χ2v) is 6.21.